The third-order valence-corrected chi connectivity index (χ3v) is 3.66. The zero-order valence-electron chi connectivity index (χ0n) is 12.3. The van der Waals surface area contributed by atoms with Crippen LogP contribution in [0.15, 0.2) is 35.4 Å². The highest BCUT2D eigenvalue weighted by Crippen LogP contribution is 2.35. The van der Waals surface area contributed by atoms with Crippen LogP contribution in [0.25, 0.3) is 11.2 Å². The number of H-pyrrole nitrogens is 1. The van der Waals surface area contributed by atoms with E-state index in [-0.39, 0.29) is 18.0 Å². The molecule has 0 aliphatic carbocycles. The summed E-state index contributed by atoms with van der Waals surface area (Å²) in [5, 5.41) is 0. The van der Waals surface area contributed by atoms with Crippen molar-refractivity contribution in [3.05, 3.63) is 46.5 Å². The average molecular weight is 351 g/mol. The molecule has 0 radical (unpaired) electrons. The van der Waals surface area contributed by atoms with E-state index < -0.39 is 19.5 Å². The molecule has 126 valence electrons. The van der Waals surface area contributed by atoms with Crippen LogP contribution in [-0.2, 0) is 11.1 Å². The van der Waals surface area contributed by atoms with Gasteiger partial charge in [-0.05, 0) is 6.07 Å². The van der Waals surface area contributed by atoms with E-state index in [2.05, 4.69) is 15.0 Å². The first-order valence-corrected chi connectivity index (χ1v) is 8.59. The minimum absolute atomic E-state index is 0.0275. The first-order valence-electron chi connectivity index (χ1n) is 6.79. The van der Waals surface area contributed by atoms with Crippen molar-refractivity contribution in [3.63, 3.8) is 0 Å². The Morgan fingerprint density at radius 2 is 2.08 bits per heavy atom. The zero-order chi connectivity index (χ0) is 17.3. The van der Waals surface area contributed by atoms with Crippen LogP contribution in [0.1, 0.15) is 5.56 Å². The lowest BCUT2D eigenvalue weighted by molar-refractivity contribution is 0.298. The molecule has 10 nitrogen and oxygen atoms in total. The Morgan fingerprint density at radius 1 is 1.33 bits per heavy atom. The summed E-state index contributed by atoms with van der Waals surface area (Å²) in [6, 6.07) is 6.77. The fourth-order valence-electron chi connectivity index (χ4n) is 2.20. The van der Waals surface area contributed by atoms with Crippen molar-refractivity contribution in [1.29, 1.82) is 0 Å². The second-order valence-electron chi connectivity index (χ2n) is 5.04. The Morgan fingerprint density at radius 3 is 2.83 bits per heavy atom. The number of hydrogen-bond donors (Lipinski definition) is 4. The van der Waals surface area contributed by atoms with Gasteiger partial charge in [0.25, 0.3) is 5.56 Å². The van der Waals surface area contributed by atoms with Crippen molar-refractivity contribution in [2.24, 2.45) is 0 Å². The number of nitrogen functional groups attached to an aromatic ring is 1. The summed E-state index contributed by atoms with van der Waals surface area (Å²) in [5.74, 6) is 0.292. The van der Waals surface area contributed by atoms with Gasteiger partial charge in [0.2, 0.25) is 5.95 Å². The van der Waals surface area contributed by atoms with E-state index in [9.17, 15) is 9.36 Å². The molecule has 0 amide bonds. The number of aromatic nitrogens is 4. The van der Waals surface area contributed by atoms with Gasteiger partial charge in [0.15, 0.2) is 17.5 Å². The molecule has 0 fully saturated rings. The topological polar surface area (TPSA) is 156 Å². The standard InChI is InChI=1S/C13H14N5O5P/c14-13-16-11-10(12(19)17-13)15-6-18(11)5-8-3-1-2-4-9(8)23-7-24(20,21)22/h1-4,6H,5,7H2,(H2,20,21,22)(H3,14,16,17,19). The van der Waals surface area contributed by atoms with Crippen LogP contribution in [0.3, 0.4) is 0 Å². The third kappa shape index (κ3) is 3.46. The van der Waals surface area contributed by atoms with Crippen LogP contribution in [0.5, 0.6) is 5.75 Å². The van der Waals surface area contributed by atoms with E-state index in [1.807, 2.05) is 0 Å². The van der Waals surface area contributed by atoms with Crippen molar-refractivity contribution >= 4 is 24.7 Å². The number of para-hydroxylation sites is 1. The number of fused-ring (bicyclic) bond motifs is 1. The highest BCUT2D eigenvalue weighted by atomic mass is 31.2. The maximum Gasteiger partial charge on any atom is 0.362 e. The van der Waals surface area contributed by atoms with E-state index in [0.29, 0.717) is 17.0 Å². The number of rotatable bonds is 5. The summed E-state index contributed by atoms with van der Waals surface area (Å²) < 4.78 is 17.8. The largest absolute Gasteiger partial charge is 0.481 e. The number of ether oxygens (including phenoxy) is 1. The van der Waals surface area contributed by atoms with Gasteiger partial charge in [0, 0.05) is 5.56 Å². The molecule has 0 unspecified atom stereocenters. The molecular formula is C13H14N5O5P. The maximum absolute atomic E-state index is 11.8. The first kappa shape index (κ1) is 16.2. The Hall–Kier alpha value is -2.68. The summed E-state index contributed by atoms with van der Waals surface area (Å²) in [5.41, 5.74) is 6.21. The van der Waals surface area contributed by atoms with Gasteiger partial charge in [-0.3, -0.25) is 14.3 Å². The highest BCUT2D eigenvalue weighted by molar-refractivity contribution is 7.51. The van der Waals surface area contributed by atoms with Crippen LogP contribution < -0.4 is 16.0 Å². The lowest BCUT2D eigenvalue weighted by atomic mass is 10.2. The highest BCUT2D eigenvalue weighted by Gasteiger charge is 2.16. The molecule has 0 saturated carbocycles. The van der Waals surface area contributed by atoms with E-state index in [1.54, 1.807) is 28.8 Å². The van der Waals surface area contributed by atoms with Gasteiger partial charge in [0.05, 0.1) is 12.9 Å². The summed E-state index contributed by atoms with van der Waals surface area (Å²) in [4.78, 5) is 40.1. The molecule has 3 rings (SSSR count). The van der Waals surface area contributed by atoms with E-state index in [1.165, 1.54) is 6.33 Å². The number of nitrogens with zero attached hydrogens (tertiary/aromatic N) is 3. The van der Waals surface area contributed by atoms with E-state index in [4.69, 9.17) is 20.3 Å². The Bertz CT molecular complexity index is 992. The van der Waals surface area contributed by atoms with Gasteiger partial charge < -0.3 is 24.8 Å². The smallest absolute Gasteiger partial charge is 0.362 e. The number of anilines is 1. The lowest BCUT2D eigenvalue weighted by Crippen LogP contribution is -2.12. The molecule has 11 heteroatoms. The fourth-order valence-corrected chi connectivity index (χ4v) is 2.51. The van der Waals surface area contributed by atoms with E-state index in [0.717, 1.165) is 0 Å². The molecule has 1 aromatic carbocycles. The van der Waals surface area contributed by atoms with Crippen molar-refractivity contribution < 1.29 is 19.1 Å². The third-order valence-electron chi connectivity index (χ3n) is 3.19. The molecule has 5 N–H and O–H groups in total. The number of aromatic amines is 1. The Balaban J connectivity index is 1.95. The Labute approximate surface area is 135 Å². The number of benzene rings is 1. The van der Waals surface area contributed by atoms with Crippen molar-refractivity contribution in [3.8, 4) is 5.75 Å². The van der Waals surface area contributed by atoms with Gasteiger partial charge in [-0.1, -0.05) is 18.2 Å². The second-order valence-corrected chi connectivity index (χ2v) is 6.63. The van der Waals surface area contributed by atoms with Crippen LogP contribution in [0, 0.1) is 0 Å². The lowest BCUT2D eigenvalue weighted by Gasteiger charge is -2.12. The summed E-state index contributed by atoms with van der Waals surface area (Å²) in [6.07, 6.45) is 0.714. The van der Waals surface area contributed by atoms with Gasteiger partial charge in [-0.25, -0.2) is 4.98 Å². The van der Waals surface area contributed by atoms with Crippen LogP contribution in [0.4, 0.5) is 5.95 Å². The average Bonchev–Trinajstić information content (AvgIpc) is 2.89. The first-order chi connectivity index (χ1) is 11.3. The molecule has 2 aromatic heterocycles. The number of imidazole rings is 1. The molecule has 0 spiro atoms. The van der Waals surface area contributed by atoms with Gasteiger partial charge in [-0.2, -0.15) is 4.98 Å². The molecule has 0 aliphatic rings. The van der Waals surface area contributed by atoms with Gasteiger partial charge in [0.1, 0.15) is 5.75 Å². The summed E-state index contributed by atoms with van der Waals surface area (Å²) >= 11 is 0. The van der Waals surface area contributed by atoms with Crippen LogP contribution >= 0.6 is 7.60 Å². The fraction of sp³-hybridized carbons (Fsp3) is 0.154. The second kappa shape index (κ2) is 6.08. The Kier molecular flexibility index (Phi) is 4.10. The minimum atomic E-state index is -4.29. The summed E-state index contributed by atoms with van der Waals surface area (Å²) in [6.45, 7) is 0.240. The molecular weight excluding hydrogens is 337 g/mol. The molecule has 3 aromatic rings. The van der Waals surface area contributed by atoms with E-state index >= 15 is 0 Å². The number of nitrogens with two attached hydrogens (primary N) is 1. The number of nitrogens with one attached hydrogen (secondary N) is 1. The van der Waals surface area contributed by atoms with Crippen LogP contribution in [0.2, 0.25) is 0 Å². The normalized spacial score (nSPS) is 11.8. The zero-order valence-corrected chi connectivity index (χ0v) is 13.2. The summed E-state index contributed by atoms with van der Waals surface area (Å²) in [7, 11) is -4.29. The van der Waals surface area contributed by atoms with Crippen molar-refractivity contribution in [2.45, 2.75) is 6.54 Å². The van der Waals surface area contributed by atoms with Gasteiger partial charge in [-0.15, -0.1) is 0 Å². The maximum atomic E-state index is 11.8. The number of hydrogen-bond acceptors (Lipinski definition) is 6. The predicted octanol–water partition coefficient (Wildman–Crippen LogP) is 0.264. The molecule has 2 heterocycles. The molecule has 0 bridgehead atoms. The quantitative estimate of drug-likeness (QED) is 0.477. The van der Waals surface area contributed by atoms with Crippen molar-refractivity contribution in [2.75, 3.05) is 12.1 Å². The van der Waals surface area contributed by atoms with Gasteiger partial charge >= 0.3 is 7.60 Å². The van der Waals surface area contributed by atoms with Crippen LogP contribution in [-0.4, -0.2) is 35.7 Å². The van der Waals surface area contributed by atoms with Crippen molar-refractivity contribution in [1.82, 2.24) is 19.5 Å². The molecule has 0 atom stereocenters. The SMILES string of the molecule is Nc1nc2c(ncn2Cc2ccccc2OCP(=O)(O)O)c(=O)[nH]1. The molecule has 0 aliphatic heterocycles. The minimum Gasteiger partial charge on any atom is -0.481 e. The monoisotopic (exact) mass is 351 g/mol. The predicted molar refractivity (Wildman–Crippen MR) is 85.6 cm³/mol. The molecule has 0 saturated heterocycles. The molecule has 24 heavy (non-hydrogen) atoms.